The lowest BCUT2D eigenvalue weighted by molar-refractivity contribution is -0.129. The van der Waals surface area contributed by atoms with Gasteiger partial charge in [-0.25, -0.2) is 4.39 Å². The number of halogens is 1. The molecule has 154 valence electrons. The molecule has 1 saturated heterocycles. The maximum Gasteiger partial charge on any atom is 0.256 e. The van der Waals surface area contributed by atoms with E-state index >= 15 is 0 Å². The van der Waals surface area contributed by atoms with Gasteiger partial charge < -0.3 is 10.2 Å². The number of carbonyl (C=O) groups excluding carboxylic acids is 2. The van der Waals surface area contributed by atoms with Crippen LogP contribution in [-0.4, -0.2) is 59.9 Å². The minimum absolute atomic E-state index is 0.120. The minimum atomic E-state index is -0.480. The Labute approximate surface area is 167 Å². The summed E-state index contributed by atoms with van der Waals surface area (Å²) in [5, 5.41) is 3.16. The van der Waals surface area contributed by atoms with Crippen LogP contribution in [0.2, 0.25) is 0 Å². The van der Waals surface area contributed by atoms with Gasteiger partial charge in [0.25, 0.3) is 5.91 Å². The molecule has 0 spiro atoms. The van der Waals surface area contributed by atoms with Gasteiger partial charge in [0.1, 0.15) is 5.82 Å². The van der Waals surface area contributed by atoms with Crippen molar-refractivity contribution in [3.63, 3.8) is 0 Å². The third kappa shape index (κ3) is 4.72. The molecular weight excluding hydrogens is 357 g/mol. The van der Waals surface area contributed by atoms with Gasteiger partial charge in [-0.2, -0.15) is 0 Å². The molecule has 28 heavy (non-hydrogen) atoms. The third-order valence-corrected chi connectivity index (χ3v) is 6.22. The Morgan fingerprint density at radius 2 is 1.79 bits per heavy atom. The van der Waals surface area contributed by atoms with E-state index in [4.69, 9.17) is 0 Å². The Morgan fingerprint density at radius 3 is 2.39 bits per heavy atom. The van der Waals surface area contributed by atoms with Crippen molar-refractivity contribution in [3.8, 4) is 0 Å². The van der Waals surface area contributed by atoms with Gasteiger partial charge in [-0.1, -0.05) is 31.9 Å². The fourth-order valence-corrected chi connectivity index (χ4v) is 4.39. The second-order valence-corrected chi connectivity index (χ2v) is 8.12. The van der Waals surface area contributed by atoms with Crippen LogP contribution in [-0.2, 0) is 4.79 Å². The molecule has 6 heteroatoms. The van der Waals surface area contributed by atoms with Crippen molar-refractivity contribution in [2.45, 2.75) is 58.0 Å². The molecular formula is C22H32FN3O2. The number of nitrogens with one attached hydrogen (secondary N) is 1. The highest BCUT2D eigenvalue weighted by Crippen LogP contribution is 2.31. The van der Waals surface area contributed by atoms with E-state index < -0.39 is 5.82 Å². The van der Waals surface area contributed by atoms with Gasteiger partial charge in [-0.3, -0.25) is 14.5 Å². The van der Waals surface area contributed by atoms with E-state index in [1.165, 1.54) is 25.0 Å². The van der Waals surface area contributed by atoms with E-state index in [0.717, 1.165) is 19.3 Å². The van der Waals surface area contributed by atoms with E-state index in [0.29, 0.717) is 32.1 Å². The Kier molecular flexibility index (Phi) is 7.05. The van der Waals surface area contributed by atoms with Crippen LogP contribution in [0.4, 0.5) is 4.39 Å². The van der Waals surface area contributed by atoms with Crippen LogP contribution in [0.25, 0.3) is 0 Å². The molecule has 1 saturated carbocycles. The molecule has 0 radical (unpaired) electrons. The second kappa shape index (κ2) is 9.50. The van der Waals surface area contributed by atoms with Crippen LogP contribution in [0.1, 0.15) is 56.3 Å². The molecule has 1 aromatic carbocycles. The van der Waals surface area contributed by atoms with Gasteiger partial charge in [0.15, 0.2) is 0 Å². The lowest BCUT2D eigenvalue weighted by Gasteiger charge is -2.41. The van der Waals surface area contributed by atoms with Crippen LogP contribution in [0, 0.1) is 11.7 Å². The standard InChI is InChI=1S/C22H32FN3O2/c1-3-16(2)24-21(27)20(17-8-4-5-9-17)25-12-14-26(15-13-25)22(28)18-10-6-7-11-19(18)23/h6-7,10-11,16-17,20H,3-5,8-9,12-15H2,1-2H3,(H,24,27)/t16-,20-/m0/s1. The van der Waals surface area contributed by atoms with Crippen LogP contribution in [0.15, 0.2) is 24.3 Å². The molecule has 2 amide bonds. The summed E-state index contributed by atoms with van der Waals surface area (Å²) in [5.74, 6) is -0.237. The molecule has 0 aromatic heterocycles. The van der Waals surface area contributed by atoms with Crippen molar-refractivity contribution in [1.82, 2.24) is 15.1 Å². The van der Waals surface area contributed by atoms with Crippen molar-refractivity contribution in [2.75, 3.05) is 26.2 Å². The summed E-state index contributed by atoms with van der Waals surface area (Å²) in [7, 11) is 0. The number of hydrogen-bond donors (Lipinski definition) is 1. The molecule has 5 nitrogen and oxygen atoms in total. The molecule has 2 fully saturated rings. The largest absolute Gasteiger partial charge is 0.352 e. The molecule has 2 atom stereocenters. The smallest absolute Gasteiger partial charge is 0.256 e. The van der Waals surface area contributed by atoms with E-state index in [1.54, 1.807) is 17.0 Å². The maximum absolute atomic E-state index is 14.0. The second-order valence-electron chi connectivity index (χ2n) is 8.12. The van der Waals surface area contributed by atoms with Gasteiger partial charge in [0, 0.05) is 32.2 Å². The first-order chi connectivity index (χ1) is 13.5. The van der Waals surface area contributed by atoms with Crippen molar-refractivity contribution in [1.29, 1.82) is 0 Å². The average Bonchev–Trinajstić information content (AvgIpc) is 3.22. The predicted molar refractivity (Wildman–Crippen MR) is 108 cm³/mol. The van der Waals surface area contributed by atoms with Crippen LogP contribution >= 0.6 is 0 Å². The Hall–Kier alpha value is -1.95. The molecule has 1 N–H and O–H groups in total. The zero-order valence-electron chi connectivity index (χ0n) is 17.0. The molecule has 1 aliphatic heterocycles. The van der Waals surface area contributed by atoms with Crippen molar-refractivity contribution in [3.05, 3.63) is 35.6 Å². The highest BCUT2D eigenvalue weighted by atomic mass is 19.1. The minimum Gasteiger partial charge on any atom is -0.352 e. The van der Waals surface area contributed by atoms with Gasteiger partial charge in [-0.05, 0) is 44.2 Å². The summed E-state index contributed by atoms with van der Waals surface area (Å²) in [5.41, 5.74) is 0.123. The van der Waals surface area contributed by atoms with Crippen molar-refractivity contribution in [2.24, 2.45) is 5.92 Å². The highest BCUT2D eigenvalue weighted by molar-refractivity contribution is 5.94. The number of amides is 2. The van der Waals surface area contributed by atoms with E-state index in [2.05, 4.69) is 17.1 Å². The monoisotopic (exact) mass is 389 g/mol. The van der Waals surface area contributed by atoms with Crippen molar-refractivity contribution < 1.29 is 14.0 Å². The lowest BCUT2D eigenvalue weighted by Crippen LogP contribution is -2.58. The predicted octanol–water partition coefficient (Wildman–Crippen LogP) is 3.06. The first-order valence-corrected chi connectivity index (χ1v) is 10.6. The van der Waals surface area contributed by atoms with Gasteiger partial charge in [0.2, 0.25) is 5.91 Å². The topological polar surface area (TPSA) is 52.7 Å². The first-order valence-electron chi connectivity index (χ1n) is 10.6. The van der Waals surface area contributed by atoms with Crippen LogP contribution in [0.3, 0.4) is 0 Å². The van der Waals surface area contributed by atoms with E-state index in [9.17, 15) is 14.0 Å². The Morgan fingerprint density at radius 1 is 1.14 bits per heavy atom. The molecule has 1 heterocycles. The number of benzene rings is 1. The fraction of sp³-hybridized carbons (Fsp3) is 0.636. The molecule has 1 aliphatic carbocycles. The van der Waals surface area contributed by atoms with Crippen LogP contribution < -0.4 is 5.32 Å². The summed E-state index contributed by atoms with van der Waals surface area (Å²) >= 11 is 0. The average molecular weight is 390 g/mol. The van der Waals surface area contributed by atoms with Crippen LogP contribution in [0.5, 0.6) is 0 Å². The summed E-state index contributed by atoms with van der Waals surface area (Å²) in [4.78, 5) is 29.6. The summed E-state index contributed by atoms with van der Waals surface area (Å²) in [6.45, 7) is 6.45. The number of nitrogens with zero attached hydrogens (tertiary/aromatic N) is 2. The molecule has 0 bridgehead atoms. The summed E-state index contributed by atoms with van der Waals surface area (Å²) in [6, 6.07) is 6.17. The van der Waals surface area contributed by atoms with Crippen molar-refractivity contribution >= 4 is 11.8 Å². The van der Waals surface area contributed by atoms with E-state index in [-0.39, 0.29) is 29.5 Å². The SMILES string of the molecule is CC[C@H](C)NC(=O)[C@H](C1CCCC1)N1CCN(C(=O)c2ccccc2F)CC1. The number of piperazine rings is 1. The van der Waals surface area contributed by atoms with Gasteiger partial charge in [0.05, 0.1) is 11.6 Å². The molecule has 0 unspecified atom stereocenters. The zero-order chi connectivity index (χ0) is 20.1. The number of rotatable bonds is 6. The number of hydrogen-bond acceptors (Lipinski definition) is 3. The third-order valence-electron chi connectivity index (χ3n) is 6.22. The highest BCUT2D eigenvalue weighted by Gasteiger charge is 2.37. The Balaban J connectivity index is 1.65. The van der Waals surface area contributed by atoms with Gasteiger partial charge in [-0.15, -0.1) is 0 Å². The normalized spacial score (nSPS) is 20.8. The Bertz CT molecular complexity index is 682. The molecule has 2 aliphatic rings. The molecule has 3 rings (SSSR count). The fourth-order valence-electron chi connectivity index (χ4n) is 4.39. The first kappa shape index (κ1) is 20.8. The number of carbonyl (C=O) groups is 2. The lowest BCUT2D eigenvalue weighted by atomic mass is 9.94. The van der Waals surface area contributed by atoms with Gasteiger partial charge >= 0.3 is 0 Å². The summed E-state index contributed by atoms with van der Waals surface area (Å²) < 4.78 is 14.0. The zero-order valence-corrected chi connectivity index (χ0v) is 17.0. The quantitative estimate of drug-likeness (QED) is 0.814. The van der Waals surface area contributed by atoms with E-state index in [1.807, 2.05) is 6.92 Å². The maximum atomic E-state index is 14.0. The summed E-state index contributed by atoms with van der Waals surface area (Å²) in [6.07, 6.45) is 5.46. The molecule has 1 aromatic rings.